The molecule has 0 aliphatic carbocycles. The Morgan fingerprint density at radius 2 is 2.00 bits per heavy atom. The van der Waals surface area contributed by atoms with Gasteiger partial charge in [0.15, 0.2) is 12.2 Å². The molecule has 3 aromatic heterocycles. The molecule has 0 spiro atoms. The normalized spacial score (nSPS) is 14.0. The fourth-order valence-electron chi connectivity index (χ4n) is 3.34. The van der Waals surface area contributed by atoms with Gasteiger partial charge in [0.2, 0.25) is 0 Å². The van der Waals surface area contributed by atoms with Crippen LogP contribution in [-0.4, -0.2) is 40.0 Å². The van der Waals surface area contributed by atoms with Gasteiger partial charge in [-0.1, -0.05) is 12.1 Å². The van der Waals surface area contributed by atoms with E-state index in [0.29, 0.717) is 17.1 Å². The highest BCUT2D eigenvalue weighted by molar-refractivity contribution is 6.05. The number of nitrogens with two attached hydrogens (primary N) is 1. The molecule has 0 bridgehead atoms. The van der Waals surface area contributed by atoms with E-state index in [2.05, 4.69) is 20.3 Å². The van der Waals surface area contributed by atoms with Crippen LogP contribution in [0.2, 0.25) is 0 Å². The number of hydrogen-bond donors (Lipinski definition) is 2. The van der Waals surface area contributed by atoms with Crippen LogP contribution in [0, 0.1) is 0 Å². The van der Waals surface area contributed by atoms with Gasteiger partial charge in [-0.3, -0.25) is 4.79 Å². The first-order valence-corrected chi connectivity index (χ1v) is 9.22. The second-order valence-corrected chi connectivity index (χ2v) is 7.02. The van der Waals surface area contributed by atoms with E-state index in [9.17, 15) is 4.79 Å². The van der Waals surface area contributed by atoms with Gasteiger partial charge in [0.1, 0.15) is 11.6 Å². The van der Waals surface area contributed by atoms with Crippen molar-refractivity contribution in [3.05, 3.63) is 66.9 Å². The van der Waals surface area contributed by atoms with Crippen molar-refractivity contribution in [2.75, 3.05) is 23.3 Å². The van der Waals surface area contributed by atoms with E-state index in [-0.39, 0.29) is 11.9 Å². The van der Waals surface area contributed by atoms with Crippen LogP contribution in [0.4, 0.5) is 11.6 Å². The highest BCUT2D eigenvalue weighted by Gasteiger charge is 2.24. The average molecular weight is 386 g/mol. The minimum atomic E-state index is -0.239. The molecule has 1 aliphatic rings. The van der Waals surface area contributed by atoms with Gasteiger partial charge < -0.3 is 20.4 Å². The molecule has 5 rings (SSSR count). The van der Waals surface area contributed by atoms with Crippen LogP contribution in [0.25, 0.3) is 22.1 Å². The molecule has 1 saturated heterocycles. The largest absolute Gasteiger partial charge is 0.444 e. The molecule has 0 radical (unpaired) electrons. The van der Waals surface area contributed by atoms with Gasteiger partial charge in [0.05, 0.1) is 6.20 Å². The number of rotatable bonds is 4. The molecule has 29 heavy (non-hydrogen) atoms. The van der Waals surface area contributed by atoms with Crippen LogP contribution in [0.1, 0.15) is 10.4 Å². The Labute approximate surface area is 166 Å². The van der Waals surface area contributed by atoms with E-state index in [1.165, 1.54) is 6.39 Å². The standard InChI is InChI=1S/C21H18N6O2/c22-17-10-27(11-17)20-7-14(3-4-24-20)21(28)26-19-6-16-5-13(18-9-23-12-29-18)1-2-15(16)8-25-19/h1-9,12,17H,10-11,22H2,(H,25,26,28). The highest BCUT2D eigenvalue weighted by atomic mass is 16.3. The summed E-state index contributed by atoms with van der Waals surface area (Å²) in [4.78, 5) is 27.4. The first-order valence-electron chi connectivity index (χ1n) is 9.22. The molecular formula is C21H18N6O2. The molecule has 8 heteroatoms. The molecule has 1 aromatic carbocycles. The zero-order valence-corrected chi connectivity index (χ0v) is 15.4. The predicted octanol–water partition coefficient (Wildman–Crippen LogP) is 2.68. The SMILES string of the molecule is NC1CN(c2cc(C(=O)Nc3cc4cc(-c5cnco5)ccc4cn3)ccn2)C1. The third kappa shape index (κ3) is 3.41. The summed E-state index contributed by atoms with van der Waals surface area (Å²) < 4.78 is 5.36. The summed E-state index contributed by atoms with van der Waals surface area (Å²) in [5.41, 5.74) is 7.26. The Balaban J connectivity index is 1.38. The summed E-state index contributed by atoms with van der Waals surface area (Å²) in [7, 11) is 0. The van der Waals surface area contributed by atoms with E-state index >= 15 is 0 Å². The summed E-state index contributed by atoms with van der Waals surface area (Å²) in [6.45, 7) is 1.50. The molecule has 4 aromatic rings. The summed E-state index contributed by atoms with van der Waals surface area (Å²) in [5.74, 6) is 1.67. The number of nitrogens with zero attached hydrogens (tertiary/aromatic N) is 4. The maximum Gasteiger partial charge on any atom is 0.257 e. The number of hydrogen-bond acceptors (Lipinski definition) is 7. The molecule has 1 fully saturated rings. The van der Waals surface area contributed by atoms with E-state index in [4.69, 9.17) is 10.2 Å². The molecular weight excluding hydrogens is 368 g/mol. The lowest BCUT2D eigenvalue weighted by atomic mass is 10.1. The van der Waals surface area contributed by atoms with Gasteiger partial charge in [-0.15, -0.1) is 0 Å². The van der Waals surface area contributed by atoms with Crippen molar-refractivity contribution >= 4 is 28.3 Å². The molecule has 0 saturated carbocycles. The van der Waals surface area contributed by atoms with Crippen LogP contribution in [0.15, 0.2) is 65.8 Å². The van der Waals surface area contributed by atoms with Gasteiger partial charge in [-0.25, -0.2) is 15.0 Å². The molecule has 3 N–H and O–H groups in total. The van der Waals surface area contributed by atoms with Gasteiger partial charge in [-0.2, -0.15) is 0 Å². The smallest absolute Gasteiger partial charge is 0.257 e. The first kappa shape index (κ1) is 17.3. The second-order valence-electron chi connectivity index (χ2n) is 7.02. The van der Waals surface area contributed by atoms with Crippen molar-refractivity contribution in [2.24, 2.45) is 5.73 Å². The zero-order valence-electron chi connectivity index (χ0n) is 15.4. The van der Waals surface area contributed by atoms with Crippen molar-refractivity contribution in [3.63, 3.8) is 0 Å². The molecule has 8 nitrogen and oxygen atoms in total. The number of benzene rings is 1. The quantitative estimate of drug-likeness (QED) is 0.555. The lowest BCUT2D eigenvalue weighted by Crippen LogP contribution is -2.56. The van der Waals surface area contributed by atoms with Crippen molar-refractivity contribution in [3.8, 4) is 11.3 Å². The lowest BCUT2D eigenvalue weighted by Gasteiger charge is -2.37. The Bertz CT molecular complexity index is 1180. The number of nitrogens with one attached hydrogen (secondary N) is 1. The average Bonchev–Trinajstić information content (AvgIpc) is 3.26. The Hall–Kier alpha value is -3.78. The van der Waals surface area contributed by atoms with Crippen LogP contribution in [-0.2, 0) is 0 Å². The highest BCUT2D eigenvalue weighted by Crippen LogP contribution is 2.25. The number of oxazole rings is 1. The molecule has 0 unspecified atom stereocenters. The topological polar surface area (TPSA) is 110 Å². The van der Waals surface area contributed by atoms with Crippen LogP contribution < -0.4 is 16.0 Å². The molecule has 1 aliphatic heterocycles. The minimum absolute atomic E-state index is 0.165. The fraction of sp³-hybridized carbons (Fsp3) is 0.143. The number of anilines is 2. The van der Waals surface area contributed by atoms with Crippen molar-refractivity contribution in [1.82, 2.24) is 15.0 Å². The van der Waals surface area contributed by atoms with E-state index in [0.717, 1.165) is 35.2 Å². The Morgan fingerprint density at radius 1 is 1.10 bits per heavy atom. The summed E-state index contributed by atoms with van der Waals surface area (Å²) >= 11 is 0. The monoisotopic (exact) mass is 386 g/mol. The predicted molar refractivity (Wildman–Crippen MR) is 110 cm³/mol. The van der Waals surface area contributed by atoms with Crippen LogP contribution in [0.3, 0.4) is 0 Å². The number of pyridine rings is 2. The molecule has 144 valence electrons. The maximum atomic E-state index is 12.7. The number of amides is 1. The van der Waals surface area contributed by atoms with Crippen LogP contribution >= 0.6 is 0 Å². The fourth-order valence-corrected chi connectivity index (χ4v) is 3.34. The first-order chi connectivity index (χ1) is 14.2. The number of aromatic nitrogens is 3. The number of fused-ring (bicyclic) bond motifs is 1. The van der Waals surface area contributed by atoms with Gasteiger partial charge in [0, 0.05) is 48.0 Å². The maximum absolute atomic E-state index is 12.7. The van der Waals surface area contributed by atoms with Gasteiger partial charge >= 0.3 is 0 Å². The third-order valence-electron chi connectivity index (χ3n) is 4.92. The van der Waals surface area contributed by atoms with Gasteiger partial charge in [-0.05, 0) is 29.7 Å². The Kier molecular flexibility index (Phi) is 4.18. The lowest BCUT2D eigenvalue weighted by molar-refractivity contribution is 0.102. The van der Waals surface area contributed by atoms with E-state index in [1.807, 2.05) is 29.2 Å². The van der Waals surface area contributed by atoms with Crippen molar-refractivity contribution < 1.29 is 9.21 Å². The molecule has 4 heterocycles. The van der Waals surface area contributed by atoms with Crippen molar-refractivity contribution in [1.29, 1.82) is 0 Å². The molecule has 0 atom stereocenters. The molecule has 1 amide bonds. The second kappa shape index (κ2) is 6.99. The number of carbonyl (C=O) groups is 1. The third-order valence-corrected chi connectivity index (χ3v) is 4.92. The Morgan fingerprint density at radius 3 is 2.79 bits per heavy atom. The minimum Gasteiger partial charge on any atom is -0.444 e. The van der Waals surface area contributed by atoms with Crippen LogP contribution in [0.5, 0.6) is 0 Å². The van der Waals surface area contributed by atoms with E-state index in [1.54, 1.807) is 30.7 Å². The summed E-state index contributed by atoms with van der Waals surface area (Å²) in [5, 5.41) is 4.76. The zero-order chi connectivity index (χ0) is 19.8. The van der Waals surface area contributed by atoms with Crippen molar-refractivity contribution in [2.45, 2.75) is 6.04 Å². The summed E-state index contributed by atoms with van der Waals surface area (Å²) in [6, 6.07) is 11.3. The van der Waals surface area contributed by atoms with E-state index < -0.39 is 0 Å². The summed E-state index contributed by atoms with van der Waals surface area (Å²) in [6.07, 6.45) is 6.42. The van der Waals surface area contributed by atoms with Gasteiger partial charge in [0.25, 0.3) is 5.91 Å². The number of carbonyl (C=O) groups excluding carboxylic acids is 1.